The van der Waals surface area contributed by atoms with Gasteiger partial charge in [0.15, 0.2) is 0 Å². The quantitative estimate of drug-likeness (QED) is 0.607. The number of benzene rings is 1. The van der Waals surface area contributed by atoms with Crippen LogP contribution in [0.25, 0.3) is 5.57 Å². The molecule has 0 bridgehead atoms. The second-order valence-corrected chi connectivity index (χ2v) is 4.39. The van der Waals surface area contributed by atoms with E-state index < -0.39 is 0 Å². The van der Waals surface area contributed by atoms with Crippen LogP contribution in [-0.2, 0) is 9.53 Å². The number of allylic oxidation sites excluding steroid dienone is 1. The highest BCUT2D eigenvalue weighted by Gasteiger charge is 2.24. The average Bonchev–Trinajstić information content (AvgIpc) is 3.05. The molecular weight excluding hydrogens is 256 g/mol. The van der Waals surface area contributed by atoms with Gasteiger partial charge in [-0.1, -0.05) is 33.6 Å². The molecule has 2 nitrogen and oxygen atoms in total. The lowest BCUT2D eigenvalue weighted by molar-refractivity contribution is -0.133. The van der Waals surface area contributed by atoms with Gasteiger partial charge in [0.2, 0.25) is 0 Å². The molecule has 1 saturated carbocycles. The zero-order valence-electron chi connectivity index (χ0n) is 8.42. The Balaban J connectivity index is 2.39. The third kappa shape index (κ3) is 2.29. The van der Waals surface area contributed by atoms with E-state index >= 15 is 0 Å². The molecule has 0 aromatic heterocycles. The van der Waals surface area contributed by atoms with E-state index in [1.165, 1.54) is 12.7 Å². The number of ether oxygens (including phenoxy) is 1. The van der Waals surface area contributed by atoms with E-state index in [0.29, 0.717) is 0 Å². The zero-order chi connectivity index (χ0) is 10.8. The molecule has 1 aliphatic carbocycles. The van der Waals surface area contributed by atoms with Crippen molar-refractivity contribution in [2.75, 3.05) is 7.11 Å². The summed E-state index contributed by atoms with van der Waals surface area (Å²) in [5.41, 5.74) is 2.88. The summed E-state index contributed by atoms with van der Waals surface area (Å²) in [4.78, 5) is 11.6. The topological polar surface area (TPSA) is 26.3 Å². The summed E-state index contributed by atoms with van der Waals surface area (Å²) in [6.07, 6.45) is 2.03. The molecule has 0 radical (unpaired) electrons. The van der Waals surface area contributed by atoms with Crippen LogP contribution >= 0.6 is 15.9 Å². The van der Waals surface area contributed by atoms with E-state index in [1.54, 1.807) is 0 Å². The molecule has 0 unspecified atom stereocenters. The standard InChI is InChI=1S/C12H11BrO2/c1-15-12(14)11(8-2-3-8)9-4-6-10(13)7-5-9/h4-7H,2-3H2,1H3. The van der Waals surface area contributed by atoms with Gasteiger partial charge in [-0.2, -0.15) is 0 Å². The molecule has 0 heterocycles. The van der Waals surface area contributed by atoms with Crippen LogP contribution in [0.2, 0.25) is 0 Å². The van der Waals surface area contributed by atoms with Crippen LogP contribution in [-0.4, -0.2) is 13.1 Å². The summed E-state index contributed by atoms with van der Waals surface area (Å²) in [5, 5.41) is 0. The van der Waals surface area contributed by atoms with Crippen molar-refractivity contribution in [2.24, 2.45) is 0 Å². The van der Waals surface area contributed by atoms with Gasteiger partial charge in [0.25, 0.3) is 0 Å². The predicted molar refractivity (Wildman–Crippen MR) is 62.3 cm³/mol. The van der Waals surface area contributed by atoms with Gasteiger partial charge in [-0.05, 0) is 30.5 Å². The van der Waals surface area contributed by atoms with Gasteiger partial charge in [0, 0.05) is 4.47 Å². The molecule has 0 spiro atoms. The first-order valence-corrected chi connectivity index (χ1v) is 5.58. The smallest absolute Gasteiger partial charge is 0.338 e. The monoisotopic (exact) mass is 266 g/mol. The first-order valence-electron chi connectivity index (χ1n) is 4.78. The number of esters is 1. The Morgan fingerprint density at radius 2 is 1.87 bits per heavy atom. The summed E-state index contributed by atoms with van der Waals surface area (Å²) >= 11 is 3.37. The van der Waals surface area contributed by atoms with Crippen LogP contribution in [0, 0.1) is 0 Å². The fourth-order valence-corrected chi connectivity index (χ4v) is 1.76. The van der Waals surface area contributed by atoms with Gasteiger partial charge >= 0.3 is 5.97 Å². The zero-order valence-corrected chi connectivity index (χ0v) is 10.0. The summed E-state index contributed by atoms with van der Waals surface area (Å²) < 4.78 is 5.80. The molecule has 1 fully saturated rings. The largest absolute Gasteiger partial charge is 0.465 e. The lowest BCUT2D eigenvalue weighted by atomic mass is 10.1. The first kappa shape index (κ1) is 10.4. The van der Waals surface area contributed by atoms with Gasteiger partial charge in [0.05, 0.1) is 12.7 Å². The predicted octanol–water partition coefficient (Wildman–Crippen LogP) is 3.17. The van der Waals surface area contributed by atoms with Crippen molar-refractivity contribution in [3.05, 3.63) is 39.9 Å². The van der Waals surface area contributed by atoms with E-state index in [2.05, 4.69) is 15.9 Å². The van der Waals surface area contributed by atoms with Crippen molar-refractivity contribution >= 4 is 27.5 Å². The van der Waals surface area contributed by atoms with E-state index in [0.717, 1.165) is 28.5 Å². The SMILES string of the molecule is COC(=O)C(=C1CC1)c1ccc(Br)cc1. The Kier molecular flexibility index (Phi) is 2.91. The third-order valence-corrected chi connectivity index (χ3v) is 2.90. The van der Waals surface area contributed by atoms with Gasteiger partial charge < -0.3 is 4.74 Å². The molecule has 0 N–H and O–H groups in total. The second-order valence-electron chi connectivity index (χ2n) is 3.48. The van der Waals surface area contributed by atoms with Crippen molar-refractivity contribution in [1.82, 2.24) is 0 Å². The summed E-state index contributed by atoms with van der Waals surface area (Å²) in [6, 6.07) is 7.73. The minimum Gasteiger partial charge on any atom is -0.465 e. The van der Waals surface area contributed by atoms with Crippen LogP contribution in [0.1, 0.15) is 18.4 Å². The normalized spacial score (nSPS) is 13.6. The van der Waals surface area contributed by atoms with Crippen LogP contribution in [0.15, 0.2) is 34.3 Å². The molecule has 15 heavy (non-hydrogen) atoms. The van der Waals surface area contributed by atoms with Gasteiger partial charge in [-0.15, -0.1) is 0 Å². The van der Waals surface area contributed by atoms with Gasteiger partial charge in [0.1, 0.15) is 0 Å². The molecule has 3 heteroatoms. The molecule has 78 valence electrons. The number of halogens is 1. The highest BCUT2D eigenvalue weighted by atomic mass is 79.9. The Labute approximate surface area is 97.1 Å². The molecule has 0 amide bonds. The molecule has 1 aliphatic rings. The molecule has 1 aromatic carbocycles. The molecule has 0 saturated heterocycles. The lowest BCUT2D eigenvalue weighted by Crippen LogP contribution is -2.03. The van der Waals surface area contributed by atoms with Crippen molar-refractivity contribution in [3.63, 3.8) is 0 Å². The summed E-state index contributed by atoms with van der Waals surface area (Å²) in [7, 11) is 1.42. The van der Waals surface area contributed by atoms with Crippen LogP contribution < -0.4 is 0 Å². The third-order valence-electron chi connectivity index (χ3n) is 2.38. The Morgan fingerprint density at radius 1 is 1.27 bits per heavy atom. The molecular formula is C12H11BrO2. The van der Waals surface area contributed by atoms with Crippen LogP contribution in [0.5, 0.6) is 0 Å². The molecule has 0 aliphatic heterocycles. The van der Waals surface area contributed by atoms with Crippen LogP contribution in [0.4, 0.5) is 0 Å². The Morgan fingerprint density at radius 3 is 2.33 bits per heavy atom. The van der Waals surface area contributed by atoms with E-state index in [9.17, 15) is 4.79 Å². The summed E-state index contributed by atoms with van der Waals surface area (Å²) in [6.45, 7) is 0. The number of rotatable bonds is 2. The van der Waals surface area contributed by atoms with Crippen molar-refractivity contribution < 1.29 is 9.53 Å². The van der Waals surface area contributed by atoms with E-state index in [-0.39, 0.29) is 5.97 Å². The van der Waals surface area contributed by atoms with Gasteiger partial charge in [-0.25, -0.2) is 4.79 Å². The Hall–Kier alpha value is -1.09. The number of carbonyl (C=O) groups excluding carboxylic acids is 1. The minimum absolute atomic E-state index is 0.232. The van der Waals surface area contributed by atoms with Crippen molar-refractivity contribution in [1.29, 1.82) is 0 Å². The Bertz CT molecular complexity index is 412. The molecule has 2 rings (SSSR count). The van der Waals surface area contributed by atoms with E-state index in [1.807, 2.05) is 24.3 Å². The number of hydrogen-bond donors (Lipinski definition) is 0. The maximum atomic E-state index is 11.6. The van der Waals surface area contributed by atoms with Crippen molar-refractivity contribution in [2.45, 2.75) is 12.8 Å². The number of methoxy groups -OCH3 is 1. The lowest BCUT2D eigenvalue weighted by Gasteiger charge is -2.05. The van der Waals surface area contributed by atoms with Crippen molar-refractivity contribution in [3.8, 4) is 0 Å². The fraction of sp³-hybridized carbons (Fsp3) is 0.250. The summed E-state index contributed by atoms with van der Waals surface area (Å²) in [5.74, 6) is -0.232. The first-order chi connectivity index (χ1) is 7.22. The highest BCUT2D eigenvalue weighted by Crippen LogP contribution is 2.37. The molecule has 0 atom stereocenters. The van der Waals surface area contributed by atoms with Gasteiger partial charge in [-0.3, -0.25) is 0 Å². The maximum Gasteiger partial charge on any atom is 0.338 e. The second kappa shape index (κ2) is 4.19. The van der Waals surface area contributed by atoms with E-state index in [4.69, 9.17) is 4.74 Å². The maximum absolute atomic E-state index is 11.6. The molecule has 1 aromatic rings. The number of hydrogen-bond acceptors (Lipinski definition) is 2. The fourth-order valence-electron chi connectivity index (χ4n) is 1.50. The number of carbonyl (C=O) groups is 1. The highest BCUT2D eigenvalue weighted by molar-refractivity contribution is 9.10. The average molecular weight is 267 g/mol. The minimum atomic E-state index is -0.232. The van der Waals surface area contributed by atoms with Crippen LogP contribution in [0.3, 0.4) is 0 Å².